The maximum absolute atomic E-state index is 11.6. The molecule has 5 atom stereocenters. The van der Waals surface area contributed by atoms with Crippen molar-refractivity contribution in [3.8, 4) is 0 Å². The average molecular weight is 220 g/mol. The van der Waals surface area contributed by atoms with E-state index in [0.29, 0.717) is 11.8 Å². The molecular formula is C14H20O2. The number of hydrogen-bond acceptors (Lipinski definition) is 2. The number of rotatable bonds is 2. The van der Waals surface area contributed by atoms with Crippen molar-refractivity contribution in [2.45, 2.75) is 39.2 Å². The molecule has 0 N–H and O–H groups in total. The highest BCUT2D eigenvalue weighted by atomic mass is 16.5. The van der Waals surface area contributed by atoms with Crippen LogP contribution in [-0.4, -0.2) is 12.1 Å². The Balaban J connectivity index is 1.68. The fourth-order valence-electron chi connectivity index (χ4n) is 3.91. The number of allylic oxidation sites excluding steroid dienone is 2. The number of carbonyl (C=O) groups is 1. The zero-order valence-electron chi connectivity index (χ0n) is 10.1. The maximum Gasteiger partial charge on any atom is 0.308 e. The minimum Gasteiger partial charge on any atom is -0.462 e. The van der Waals surface area contributed by atoms with E-state index in [4.69, 9.17) is 4.74 Å². The molecule has 0 saturated heterocycles. The number of carbonyl (C=O) groups excluding carboxylic acids is 1. The fraction of sp³-hybridized carbons (Fsp3) is 0.786. The lowest BCUT2D eigenvalue weighted by atomic mass is 9.80. The summed E-state index contributed by atoms with van der Waals surface area (Å²) in [5.41, 5.74) is 0. The van der Waals surface area contributed by atoms with Crippen LogP contribution in [0.4, 0.5) is 0 Å². The molecule has 0 aromatic heterocycles. The van der Waals surface area contributed by atoms with Crippen LogP contribution in [0.1, 0.15) is 33.1 Å². The summed E-state index contributed by atoms with van der Waals surface area (Å²) in [5, 5.41) is 0. The van der Waals surface area contributed by atoms with Crippen molar-refractivity contribution in [1.82, 2.24) is 0 Å². The second kappa shape index (κ2) is 3.61. The van der Waals surface area contributed by atoms with E-state index in [-0.39, 0.29) is 18.0 Å². The van der Waals surface area contributed by atoms with Gasteiger partial charge in [0, 0.05) is 5.92 Å². The third kappa shape index (κ3) is 1.42. The molecule has 2 nitrogen and oxygen atoms in total. The molecular weight excluding hydrogens is 200 g/mol. The second-order valence-electron chi connectivity index (χ2n) is 5.93. The lowest BCUT2D eigenvalue weighted by Crippen LogP contribution is -2.33. The molecule has 0 aromatic carbocycles. The lowest BCUT2D eigenvalue weighted by Gasteiger charge is -2.31. The van der Waals surface area contributed by atoms with Gasteiger partial charge in [-0.1, -0.05) is 26.0 Å². The molecule has 0 unspecified atom stereocenters. The van der Waals surface area contributed by atoms with E-state index >= 15 is 0 Å². The molecule has 0 heterocycles. The second-order valence-corrected chi connectivity index (χ2v) is 5.93. The van der Waals surface area contributed by atoms with Crippen LogP contribution in [-0.2, 0) is 9.53 Å². The van der Waals surface area contributed by atoms with Gasteiger partial charge in [0.25, 0.3) is 0 Å². The van der Waals surface area contributed by atoms with E-state index in [0.717, 1.165) is 18.3 Å². The van der Waals surface area contributed by atoms with Crippen molar-refractivity contribution in [3.63, 3.8) is 0 Å². The van der Waals surface area contributed by atoms with Gasteiger partial charge in [-0.15, -0.1) is 0 Å². The lowest BCUT2D eigenvalue weighted by molar-refractivity contribution is -0.156. The standard InChI is InChI=1S/C14H20O2/c1-8(2)14(15)16-13-7-9-6-12(13)11-5-3-4-10(9)11/h3,5,8-13H,4,6-7H2,1-2H3/t9-,10-,11-,12-,13+/m1/s1. The average Bonchev–Trinajstić information content (AvgIpc) is 2.87. The molecule has 0 radical (unpaired) electrons. The summed E-state index contributed by atoms with van der Waals surface area (Å²) in [6.07, 6.45) is 8.56. The minimum atomic E-state index is -0.0175. The van der Waals surface area contributed by atoms with Gasteiger partial charge >= 0.3 is 5.97 Å². The molecule has 3 aliphatic carbocycles. The normalized spacial score (nSPS) is 44.1. The molecule has 88 valence electrons. The zero-order valence-corrected chi connectivity index (χ0v) is 10.1. The van der Waals surface area contributed by atoms with Crippen molar-refractivity contribution < 1.29 is 9.53 Å². The quantitative estimate of drug-likeness (QED) is 0.528. The third-order valence-corrected chi connectivity index (χ3v) is 4.69. The first-order chi connectivity index (χ1) is 7.66. The van der Waals surface area contributed by atoms with Crippen LogP contribution in [0.2, 0.25) is 0 Å². The van der Waals surface area contributed by atoms with E-state index in [1.165, 1.54) is 12.8 Å². The number of fused-ring (bicyclic) bond motifs is 5. The van der Waals surface area contributed by atoms with Gasteiger partial charge < -0.3 is 4.74 Å². The zero-order chi connectivity index (χ0) is 11.3. The van der Waals surface area contributed by atoms with Crippen LogP contribution in [0.15, 0.2) is 12.2 Å². The summed E-state index contributed by atoms with van der Waals surface area (Å²) in [4.78, 5) is 11.6. The largest absolute Gasteiger partial charge is 0.462 e. The van der Waals surface area contributed by atoms with Crippen molar-refractivity contribution in [1.29, 1.82) is 0 Å². The van der Waals surface area contributed by atoms with Gasteiger partial charge in [0.05, 0.1) is 5.92 Å². The highest BCUT2D eigenvalue weighted by molar-refractivity contribution is 5.71. The molecule has 0 aliphatic heterocycles. The van der Waals surface area contributed by atoms with Gasteiger partial charge in [-0.25, -0.2) is 0 Å². The van der Waals surface area contributed by atoms with Crippen LogP contribution >= 0.6 is 0 Å². The predicted octanol–water partition coefficient (Wildman–Crippen LogP) is 2.79. The van der Waals surface area contributed by atoms with Gasteiger partial charge in [0.15, 0.2) is 0 Å². The van der Waals surface area contributed by atoms with E-state index in [1.54, 1.807) is 0 Å². The van der Waals surface area contributed by atoms with Gasteiger partial charge in [-0.05, 0) is 37.0 Å². The molecule has 0 spiro atoms. The molecule has 3 aliphatic rings. The van der Waals surface area contributed by atoms with Crippen LogP contribution in [0, 0.1) is 29.6 Å². The van der Waals surface area contributed by atoms with Gasteiger partial charge in [-0.2, -0.15) is 0 Å². The molecule has 0 aromatic rings. The van der Waals surface area contributed by atoms with E-state index in [2.05, 4.69) is 12.2 Å². The fourth-order valence-corrected chi connectivity index (χ4v) is 3.91. The van der Waals surface area contributed by atoms with E-state index < -0.39 is 0 Å². The maximum atomic E-state index is 11.6. The SMILES string of the molecule is CC(C)C(=O)O[C@H]1C[C@H]2C[C@@H]1[C@@H]1C=CC[C@H]21. The first kappa shape index (κ1) is 10.4. The summed E-state index contributed by atoms with van der Waals surface area (Å²) < 4.78 is 5.64. The van der Waals surface area contributed by atoms with E-state index in [9.17, 15) is 4.79 Å². The third-order valence-electron chi connectivity index (χ3n) is 4.69. The summed E-state index contributed by atoms with van der Waals surface area (Å²) in [7, 11) is 0. The molecule has 16 heavy (non-hydrogen) atoms. The van der Waals surface area contributed by atoms with Crippen LogP contribution in [0.3, 0.4) is 0 Å². The molecule has 2 saturated carbocycles. The Labute approximate surface area is 97.1 Å². The molecule has 0 amide bonds. The first-order valence-corrected chi connectivity index (χ1v) is 6.54. The van der Waals surface area contributed by atoms with Gasteiger partial charge in [0.1, 0.15) is 6.10 Å². The molecule has 3 rings (SSSR count). The highest BCUT2D eigenvalue weighted by Gasteiger charge is 2.53. The monoisotopic (exact) mass is 220 g/mol. The number of esters is 1. The Kier molecular flexibility index (Phi) is 2.34. The van der Waals surface area contributed by atoms with Crippen molar-refractivity contribution >= 4 is 5.97 Å². The Hall–Kier alpha value is -0.790. The smallest absolute Gasteiger partial charge is 0.308 e. The Morgan fingerprint density at radius 2 is 2.12 bits per heavy atom. The molecule has 2 fully saturated rings. The molecule has 2 bridgehead atoms. The number of ether oxygens (including phenoxy) is 1. The summed E-state index contributed by atoms with van der Waals surface area (Å²) in [6.45, 7) is 3.82. The van der Waals surface area contributed by atoms with Gasteiger partial charge in [0.2, 0.25) is 0 Å². The van der Waals surface area contributed by atoms with Crippen molar-refractivity contribution in [2.75, 3.05) is 0 Å². The Morgan fingerprint density at radius 3 is 2.88 bits per heavy atom. The summed E-state index contributed by atoms with van der Waals surface area (Å²) in [6, 6.07) is 0. The minimum absolute atomic E-state index is 0.00837. The van der Waals surface area contributed by atoms with Crippen LogP contribution < -0.4 is 0 Å². The predicted molar refractivity (Wildman–Crippen MR) is 61.7 cm³/mol. The topological polar surface area (TPSA) is 26.3 Å². The summed E-state index contributed by atoms with van der Waals surface area (Å²) in [5.74, 6) is 3.01. The highest BCUT2D eigenvalue weighted by Crippen LogP contribution is 2.57. The van der Waals surface area contributed by atoms with Crippen molar-refractivity contribution in [3.05, 3.63) is 12.2 Å². The first-order valence-electron chi connectivity index (χ1n) is 6.54. The van der Waals surface area contributed by atoms with Crippen LogP contribution in [0.5, 0.6) is 0 Å². The van der Waals surface area contributed by atoms with Gasteiger partial charge in [-0.3, -0.25) is 4.79 Å². The Morgan fingerprint density at radius 1 is 1.31 bits per heavy atom. The molecule has 2 heteroatoms. The summed E-state index contributed by atoms with van der Waals surface area (Å²) >= 11 is 0. The van der Waals surface area contributed by atoms with Crippen LogP contribution in [0.25, 0.3) is 0 Å². The van der Waals surface area contributed by atoms with Crippen molar-refractivity contribution in [2.24, 2.45) is 29.6 Å². The van der Waals surface area contributed by atoms with E-state index in [1.807, 2.05) is 13.8 Å². The number of hydrogen-bond donors (Lipinski definition) is 0. The Bertz CT molecular complexity index is 332.